The molecule has 0 amide bonds. The van der Waals surface area contributed by atoms with Crippen LogP contribution in [0.3, 0.4) is 0 Å². The number of anilines is 9. The molecule has 0 spiro atoms. The minimum atomic E-state index is -0.112. The lowest BCUT2D eigenvalue weighted by Crippen LogP contribution is -2.61. The van der Waals surface area contributed by atoms with Gasteiger partial charge in [-0.2, -0.15) is 0 Å². The van der Waals surface area contributed by atoms with Gasteiger partial charge in [0.1, 0.15) is 11.2 Å². The van der Waals surface area contributed by atoms with Gasteiger partial charge >= 0.3 is 0 Å². The Morgan fingerprint density at radius 1 is 0.409 bits per heavy atom. The molecule has 6 heteroatoms. The van der Waals surface area contributed by atoms with E-state index in [0.29, 0.717) is 0 Å². The Hall–Kier alpha value is -7.02. The summed E-state index contributed by atoms with van der Waals surface area (Å²) in [6.07, 6.45) is 6.92. The fourth-order valence-electron chi connectivity index (χ4n) is 16.5. The molecular formula is C82H90BN3OS. The fourth-order valence-corrected chi connectivity index (χ4v) is 17.8. The molecule has 8 aromatic carbocycles. The Balaban J connectivity index is 1.13. The zero-order valence-corrected chi connectivity index (χ0v) is 56.7. The molecule has 5 aliphatic rings. The zero-order chi connectivity index (χ0) is 61.9. The van der Waals surface area contributed by atoms with Crippen LogP contribution in [0.15, 0.2) is 150 Å². The Kier molecular flexibility index (Phi) is 12.3. The van der Waals surface area contributed by atoms with Gasteiger partial charge in [0.05, 0.1) is 11.4 Å². The standard InChI is InChI=1S/C82H90BN3OS/c1-75(2,3)49-38-50(76(4,5)6)40-54(39-49)85-66-47-63-62(80(13,14)35-36-81(63,15)16)46-65(66)83-72-67(85)42-55(84(51-24-20-19-21-25-51)53-28-30-57-56-26-22-23-27-69(56)87-70(57)44-53)43-68(72)86(52-29-31-59-60(41-52)78(9,10)33-32-77(59,7)8)73-58-45-61-64(48-71(58)88-74(73)83)82(17,18)37-34-79(61,11)12/h19-31,38-48H,32-37H2,1-18H3. The summed E-state index contributed by atoms with van der Waals surface area (Å²) in [4.78, 5) is 8.04. The van der Waals surface area contributed by atoms with Gasteiger partial charge in [0.25, 0.3) is 6.71 Å². The molecule has 10 aromatic rings. The minimum Gasteiger partial charge on any atom is -0.456 e. The molecule has 0 saturated heterocycles. The minimum absolute atomic E-state index is 0.00760. The topological polar surface area (TPSA) is 22.9 Å². The normalized spacial score (nSPS) is 19.0. The summed E-state index contributed by atoms with van der Waals surface area (Å²) < 4.78 is 9.61. The molecule has 0 fully saturated rings. The molecule has 0 saturated carbocycles. The summed E-state index contributed by atoms with van der Waals surface area (Å²) in [5, 5.41) is 3.62. The number of rotatable bonds is 5. The van der Waals surface area contributed by atoms with Gasteiger partial charge in [-0.3, -0.25) is 0 Å². The van der Waals surface area contributed by atoms with E-state index in [4.69, 9.17) is 4.42 Å². The van der Waals surface area contributed by atoms with Crippen molar-refractivity contribution in [2.75, 3.05) is 14.7 Å². The highest BCUT2D eigenvalue weighted by atomic mass is 32.1. The molecule has 0 radical (unpaired) electrons. The van der Waals surface area contributed by atoms with Crippen LogP contribution in [-0.4, -0.2) is 6.71 Å². The van der Waals surface area contributed by atoms with Crippen molar-refractivity contribution in [2.24, 2.45) is 0 Å². The molecule has 4 nitrogen and oxygen atoms in total. The highest BCUT2D eigenvalue weighted by Crippen LogP contribution is 2.57. The summed E-state index contributed by atoms with van der Waals surface area (Å²) in [5.41, 5.74) is 26.8. The number of hydrogen-bond acceptors (Lipinski definition) is 5. The van der Waals surface area contributed by atoms with Gasteiger partial charge in [0, 0.05) is 71.5 Å². The number of para-hydroxylation sites is 2. The maximum atomic E-state index is 6.79. The molecule has 0 atom stereocenters. The van der Waals surface area contributed by atoms with Crippen LogP contribution in [0.2, 0.25) is 0 Å². The van der Waals surface area contributed by atoms with Crippen molar-refractivity contribution in [1.29, 1.82) is 0 Å². The first-order valence-electron chi connectivity index (χ1n) is 33.0. The fraction of sp³-hybridized carbons (Fsp3) is 0.390. The molecule has 4 heterocycles. The van der Waals surface area contributed by atoms with Crippen molar-refractivity contribution in [1.82, 2.24) is 0 Å². The molecule has 0 N–H and O–H groups in total. The molecule has 2 aromatic heterocycles. The van der Waals surface area contributed by atoms with Crippen LogP contribution >= 0.6 is 11.3 Å². The second-order valence-corrected chi connectivity index (χ2v) is 34.5. The van der Waals surface area contributed by atoms with E-state index < -0.39 is 0 Å². The van der Waals surface area contributed by atoms with E-state index in [1.165, 1.54) is 117 Å². The van der Waals surface area contributed by atoms with Gasteiger partial charge in [-0.1, -0.05) is 179 Å². The van der Waals surface area contributed by atoms with Crippen LogP contribution in [0.1, 0.15) is 208 Å². The maximum absolute atomic E-state index is 6.79. The van der Waals surface area contributed by atoms with Gasteiger partial charge < -0.3 is 19.1 Å². The van der Waals surface area contributed by atoms with Gasteiger partial charge in [-0.25, -0.2) is 0 Å². The lowest BCUT2D eigenvalue weighted by atomic mass is 9.35. The Bertz CT molecular complexity index is 4530. The Labute approximate surface area is 529 Å². The van der Waals surface area contributed by atoms with Crippen molar-refractivity contribution >= 4 is 117 Å². The molecule has 0 bridgehead atoms. The predicted molar refractivity (Wildman–Crippen MR) is 381 cm³/mol. The summed E-state index contributed by atoms with van der Waals surface area (Å²) >= 11 is 2.07. The lowest BCUT2D eigenvalue weighted by molar-refractivity contribution is 0.332. The van der Waals surface area contributed by atoms with E-state index in [-0.39, 0.29) is 50.0 Å². The Morgan fingerprint density at radius 3 is 1.55 bits per heavy atom. The van der Waals surface area contributed by atoms with Crippen molar-refractivity contribution in [3.63, 3.8) is 0 Å². The summed E-state index contributed by atoms with van der Waals surface area (Å²) in [7, 11) is 0. The van der Waals surface area contributed by atoms with E-state index in [1.54, 1.807) is 0 Å². The average Bonchev–Trinajstić information content (AvgIpc) is 1.35. The molecular weight excluding hydrogens is 1090 g/mol. The largest absolute Gasteiger partial charge is 0.456 e. The van der Waals surface area contributed by atoms with Crippen LogP contribution in [0.5, 0.6) is 0 Å². The third-order valence-electron chi connectivity index (χ3n) is 22.5. The van der Waals surface area contributed by atoms with Crippen molar-refractivity contribution in [3.05, 3.63) is 190 Å². The first kappa shape index (κ1) is 57.4. The predicted octanol–water partition coefficient (Wildman–Crippen LogP) is 22.0. The van der Waals surface area contributed by atoms with Crippen LogP contribution < -0.4 is 30.4 Å². The van der Waals surface area contributed by atoms with Crippen molar-refractivity contribution < 1.29 is 4.42 Å². The van der Waals surface area contributed by atoms with Crippen molar-refractivity contribution in [2.45, 2.75) is 206 Å². The SMILES string of the molecule is CC(C)(C)c1cc(N2c3cc4c(cc3B3c5sc6cc7c(cc6c5N(c5ccc6c(c5)C(C)(C)CCC6(C)C)c5cc(N(c6ccccc6)c6ccc8c(c6)oc6ccccc68)cc2c53)C(C)(C)CCC7(C)C)C(C)(C)CCC4(C)C)cc(C(C)(C)C)c1. The first-order valence-corrected chi connectivity index (χ1v) is 33.8. The molecule has 2 aliphatic heterocycles. The lowest BCUT2D eigenvalue weighted by Gasteiger charge is -2.48. The van der Waals surface area contributed by atoms with E-state index in [2.05, 4.69) is 296 Å². The van der Waals surface area contributed by atoms with Crippen LogP contribution in [0.25, 0.3) is 32.0 Å². The summed E-state index contributed by atoms with van der Waals surface area (Å²) in [6, 6.07) is 57.7. The van der Waals surface area contributed by atoms with E-state index in [0.717, 1.165) is 64.7 Å². The molecule has 88 heavy (non-hydrogen) atoms. The number of thiophene rings is 1. The summed E-state index contributed by atoms with van der Waals surface area (Å²) in [6.45, 7) is 44.3. The summed E-state index contributed by atoms with van der Waals surface area (Å²) in [5.74, 6) is 0. The third kappa shape index (κ3) is 8.70. The first-order chi connectivity index (χ1) is 41.3. The second kappa shape index (κ2) is 18.8. The highest BCUT2D eigenvalue weighted by molar-refractivity contribution is 7.33. The van der Waals surface area contributed by atoms with Crippen LogP contribution in [0, 0.1) is 0 Å². The van der Waals surface area contributed by atoms with E-state index >= 15 is 0 Å². The molecule has 15 rings (SSSR count). The quantitative estimate of drug-likeness (QED) is 0.160. The number of hydrogen-bond donors (Lipinski definition) is 0. The van der Waals surface area contributed by atoms with Gasteiger partial charge in [-0.05, 0) is 222 Å². The Morgan fingerprint density at radius 2 is 0.932 bits per heavy atom. The van der Waals surface area contributed by atoms with Gasteiger partial charge in [-0.15, -0.1) is 11.3 Å². The number of benzene rings is 8. The highest BCUT2D eigenvalue weighted by Gasteiger charge is 2.50. The van der Waals surface area contributed by atoms with E-state index in [1.807, 2.05) is 0 Å². The number of nitrogens with zero attached hydrogens (tertiary/aromatic N) is 3. The van der Waals surface area contributed by atoms with Gasteiger partial charge in [0.2, 0.25) is 0 Å². The molecule has 448 valence electrons. The smallest absolute Gasteiger partial charge is 0.264 e. The number of furan rings is 1. The van der Waals surface area contributed by atoms with Crippen molar-refractivity contribution in [3.8, 4) is 0 Å². The number of fused-ring (bicyclic) bond motifs is 12. The maximum Gasteiger partial charge on any atom is 0.264 e. The zero-order valence-electron chi connectivity index (χ0n) is 55.8. The molecule has 3 aliphatic carbocycles. The van der Waals surface area contributed by atoms with Crippen LogP contribution in [0.4, 0.5) is 51.2 Å². The average molecular weight is 1180 g/mol. The van der Waals surface area contributed by atoms with Crippen LogP contribution in [-0.2, 0) is 43.3 Å². The van der Waals surface area contributed by atoms with E-state index in [9.17, 15) is 0 Å². The monoisotopic (exact) mass is 1180 g/mol. The molecule has 0 unspecified atom stereocenters. The second-order valence-electron chi connectivity index (χ2n) is 33.4. The third-order valence-corrected chi connectivity index (χ3v) is 23.7. The van der Waals surface area contributed by atoms with Gasteiger partial charge in [0.15, 0.2) is 0 Å².